The van der Waals surface area contributed by atoms with Gasteiger partial charge in [0.25, 0.3) is 5.91 Å². The first kappa shape index (κ1) is 24.4. The predicted molar refractivity (Wildman–Crippen MR) is 117 cm³/mol. The van der Waals surface area contributed by atoms with E-state index in [1.54, 1.807) is 18.2 Å². The van der Waals surface area contributed by atoms with Gasteiger partial charge in [0.05, 0.1) is 22.8 Å². The zero-order valence-electron chi connectivity index (χ0n) is 16.6. The fraction of sp³-hybridized carbons (Fsp3) is 0.571. The number of carbonyl (C=O) groups excluding carboxylic acids is 2. The van der Waals surface area contributed by atoms with Crippen molar-refractivity contribution in [2.24, 2.45) is 5.10 Å². The molecule has 0 heterocycles. The second-order valence-electron chi connectivity index (χ2n) is 6.78. The van der Waals surface area contributed by atoms with Gasteiger partial charge in [-0.2, -0.15) is 5.10 Å². The molecule has 0 aromatic heterocycles. The average Bonchev–Trinajstić information content (AvgIpc) is 2.67. The van der Waals surface area contributed by atoms with Crippen LogP contribution in [0.3, 0.4) is 0 Å². The summed E-state index contributed by atoms with van der Waals surface area (Å²) in [5.41, 5.74) is 2.87. The number of nitrogens with zero attached hydrogens (tertiary/aromatic N) is 1. The van der Waals surface area contributed by atoms with E-state index < -0.39 is 5.91 Å². The van der Waals surface area contributed by atoms with Crippen LogP contribution in [-0.4, -0.2) is 24.6 Å². The Kier molecular flexibility index (Phi) is 13.4. The SMILES string of the molecule is CCCCCCCCCCCC(=O)NCC(=O)NN=Cc1c(Cl)cccc1Cl. The molecule has 5 nitrogen and oxygen atoms in total. The van der Waals surface area contributed by atoms with E-state index in [0.717, 1.165) is 12.8 Å². The molecular formula is C21H31Cl2N3O2. The number of hydrogen-bond acceptors (Lipinski definition) is 3. The normalized spacial score (nSPS) is 11.0. The molecule has 2 amide bonds. The molecular weight excluding hydrogens is 397 g/mol. The molecule has 0 atom stereocenters. The van der Waals surface area contributed by atoms with Gasteiger partial charge in [0, 0.05) is 12.0 Å². The van der Waals surface area contributed by atoms with Gasteiger partial charge in [-0.15, -0.1) is 0 Å². The first-order valence-electron chi connectivity index (χ1n) is 10.1. The van der Waals surface area contributed by atoms with E-state index in [4.69, 9.17) is 23.2 Å². The first-order valence-corrected chi connectivity index (χ1v) is 10.8. The van der Waals surface area contributed by atoms with Crippen LogP contribution in [0.1, 0.15) is 76.7 Å². The van der Waals surface area contributed by atoms with E-state index in [-0.39, 0.29) is 12.5 Å². The molecule has 0 bridgehead atoms. The summed E-state index contributed by atoms with van der Waals surface area (Å²) < 4.78 is 0. The van der Waals surface area contributed by atoms with Crippen LogP contribution in [0.5, 0.6) is 0 Å². The lowest BCUT2D eigenvalue weighted by Gasteiger charge is -2.05. The van der Waals surface area contributed by atoms with Crippen LogP contribution in [0.2, 0.25) is 10.0 Å². The Labute approximate surface area is 178 Å². The van der Waals surface area contributed by atoms with Crippen molar-refractivity contribution < 1.29 is 9.59 Å². The Morgan fingerprint density at radius 3 is 2.11 bits per heavy atom. The van der Waals surface area contributed by atoms with Crippen LogP contribution in [0.25, 0.3) is 0 Å². The topological polar surface area (TPSA) is 70.6 Å². The zero-order valence-corrected chi connectivity index (χ0v) is 18.1. The van der Waals surface area contributed by atoms with Crippen LogP contribution in [0.15, 0.2) is 23.3 Å². The molecule has 1 aromatic carbocycles. The molecule has 0 radical (unpaired) electrons. The Bertz CT molecular complexity index is 616. The summed E-state index contributed by atoms with van der Waals surface area (Å²) in [6.45, 7) is 2.11. The third-order valence-electron chi connectivity index (χ3n) is 4.34. The summed E-state index contributed by atoms with van der Waals surface area (Å²) in [5.74, 6) is -0.518. The third kappa shape index (κ3) is 11.3. The molecule has 0 saturated carbocycles. The highest BCUT2D eigenvalue weighted by molar-refractivity contribution is 6.38. The van der Waals surface area contributed by atoms with E-state index in [2.05, 4.69) is 22.8 Å². The van der Waals surface area contributed by atoms with Crippen molar-refractivity contribution in [2.75, 3.05) is 6.54 Å². The molecule has 0 saturated heterocycles. The van der Waals surface area contributed by atoms with Crippen LogP contribution < -0.4 is 10.7 Å². The standard InChI is InChI=1S/C21H31Cl2N3O2/c1-2-3-4-5-6-7-8-9-10-14-20(27)24-16-21(28)26-25-15-17-18(22)12-11-13-19(17)23/h11-13,15H,2-10,14,16H2,1H3,(H,24,27)(H,26,28). The maximum atomic E-state index is 11.8. The molecule has 1 aromatic rings. The molecule has 0 unspecified atom stereocenters. The van der Waals surface area contributed by atoms with Crippen LogP contribution in [0, 0.1) is 0 Å². The van der Waals surface area contributed by atoms with Gasteiger partial charge in [0.15, 0.2) is 0 Å². The highest BCUT2D eigenvalue weighted by Crippen LogP contribution is 2.21. The largest absolute Gasteiger partial charge is 0.347 e. The average molecular weight is 428 g/mol. The molecule has 0 aliphatic rings. The highest BCUT2D eigenvalue weighted by atomic mass is 35.5. The van der Waals surface area contributed by atoms with Crippen molar-refractivity contribution in [2.45, 2.75) is 71.1 Å². The van der Waals surface area contributed by atoms with Crippen molar-refractivity contribution in [3.8, 4) is 0 Å². The Balaban J connectivity index is 2.08. The summed E-state index contributed by atoms with van der Waals surface area (Å²) in [5, 5.41) is 7.31. The maximum Gasteiger partial charge on any atom is 0.259 e. The van der Waals surface area contributed by atoms with Crippen molar-refractivity contribution in [1.82, 2.24) is 10.7 Å². The molecule has 0 fully saturated rings. The molecule has 0 spiro atoms. The minimum atomic E-state index is -0.403. The molecule has 0 aliphatic carbocycles. The second-order valence-corrected chi connectivity index (χ2v) is 7.60. The van der Waals surface area contributed by atoms with Gasteiger partial charge >= 0.3 is 0 Å². The molecule has 7 heteroatoms. The number of unbranched alkanes of at least 4 members (excludes halogenated alkanes) is 8. The van der Waals surface area contributed by atoms with Gasteiger partial charge in [-0.1, -0.05) is 87.6 Å². The van der Waals surface area contributed by atoms with Crippen molar-refractivity contribution in [1.29, 1.82) is 0 Å². The van der Waals surface area contributed by atoms with Gasteiger partial charge in [-0.05, 0) is 18.6 Å². The summed E-state index contributed by atoms with van der Waals surface area (Å²) in [7, 11) is 0. The van der Waals surface area contributed by atoms with Gasteiger partial charge in [-0.3, -0.25) is 9.59 Å². The Morgan fingerprint density at radius 1 is 0.929 bits per heavy atom. The van der Waals surface area contributed by atoms with Crippen LogP contribution in [-0.2, 0) is 9.59 Å². The number of amides is 2. The number of halogens is 2. The lowest BCUT2D eigenvalue weighted by molar-refractivity contribution is -0.126. The van der Waals surface area contributed by atoms with Crippen LogP contribution in [0.4, 0.5) is 0 Å². The Morgan fingerprint density at radius 2 is 1.50 bits per heavy atom. The monoisotopic (exact) mass is 427 g/mol. The van der Waals surface area contributed by atoms with Crippen molar-refractivity contribution in [3.63, 3.8) is 0 Å². The molecule has 156 valence electrons. The summed E-state index contributed by atoms with van der Waals surface area (Å²) in [6.07, 6.45) is 12.7. The summed E-state index contributed by atoms with van der Waals surface area (Å²) in [6, 6.07) is 5.09. The van der Waals surface area contributed by atoms with Gasteiger partial charge in [0.2, 0.25) is 5.91 Å². The molecule has 0 aliphatic heterocycles. The van der Waals surface area contributed by atoms with Gasteiger partial charge in [0.1, 0.15) is 0 Å². The van der Waals surface area contributed by atoms with Crippen LogP contribution >= 0.6 is 23.2 Å². The zero-order chi connectivity index (χ0) is 20.6. The van der Waals surface area contributed by atoms with E-state index in [1.165, 1.54) is 51.2 Å². The number of hydrazone groups is 1. The van der Waals surface area contributed by atoms with Crippen molar-refractivity contribution in [3.05, 3.63) is 33.8 Å². The minimum Gasteiger partial charge on any atom is -0.347 e. The number of nitrogens with one attached hydrogen (secondary N) is 2. The summed E-state index contributed by atoms with van der Waals surface area (Å²) in [4.78, 5) is 23.5. The molecule has 1 rings (SSSR count). The first-order chi connectivity index (χ1) is 13.5. The van der Waals surface area contributed by atoms with Crippen molar-refractivity contribution >= 4 is 41.2 Å². The number of carbonyl (C=O) groups is 2. The highest BCUT2D eigenvalue weighted by Gasteiger charge is 2.05. The minimum absolute atomic E-state index is 0.107. The van der Waals surface area contributed by atoms with E-state index in [1.807, 2.05) is 0 Å². The van der Waals surface area contributed by atoms with E-state index >= 15 is 0 Å². The Hall–Kier alpha value is -1.59. The number of rotatable bonds is 14. The molecule has 2 N–H and O–H groups in total. The predicted octanol–water partition coefficient (Wildman–Crippen LogP) is 5.48. The number of hydrogen-bond donors (Lipinski definition) is 2. The quantitative estimate of drug-likeness (QED) is 0.234. The van der Waals surface area contributed by atoms with Gasteiger partial charge in [-0.25, -0.2) is 5.43 Å². The third-order valence-corrected chi connectivity index (χ3v) is 5.00. The smallest absolute Gasteiger partial charge is 0.259 e. The number of benzene rings is 1. The second kappa shape index (κ2) is 15.3. The summed E-state index contributed by atoms with van der Waals surface area (Å²) >= 11 is 12.0. The van der Waals surface area contributed by atoms with Gasteiger partial charge < -0.3 is 5.32 Å². The maximum absolute atomic E-state index is 11.8. The lowest BCUT2D eigenvalue weighted by atomic mass is 10.1. The van der Waals surface area contributed by atoms with E-state index in [9.17, 15) is 9.59 Å². The fourth-order valence-corrected chi connectivity index (χ4v) is 3.20. The lowest BCUT2D eigenvalue weighted by Crippen LogP contribution is -2.34. The fourth-order valence-electron chi connectivity index (χ4n) is 2.71. The van der Waals surface area contributed by atoms with E-state index in [0.29, 0.717) is 22.0 Å². The molecule has 28 heavy (non-hydrogen) atoms.